The van der Waals surface area contributed by atoms with Crippen molar-refractivity contribution in [3.05, 3.63) is 35.1 Å². The Balaban J connectivity index is 2.39. The third-order valence-electron chi connectivity index (χ3n) is 2.19. The Morgan fingerprint density at radius 3 is 2.88 bits per heavy atom. The van der Waals surface area contributed by atoms with Crippen molar-refractivity contribution in [2.45, 2.75) is 6.92 Å². The Kier molecular flexibility index (Phi) is 6.15. The van der Waals surface area contributed by atoms with E-state index in [1.165, 1.54) is 6.07 Å². The first kappa shape index (κ1) is 14.1. The number of aryl methyl sites for hydroxylation is 1. The molecule has 17 heavy (non-hydrogen) atoms. The van der Waals surface area contributed by atoms with Gasteiger partial charge in [-0.05, 0) is 24.6 Å². The highest BCUT2D eigenvalue weighted by Gasteiger charge is 2.07. The largest absolute Gasteiger partial charge is 0.379 e. The van der Waals surface area contributed by atoms with Gasteiger partial charge in [-0.3, -0.25) is 4.79 Å². The van der Waals surface area contributed by atoms with Crippen molar-refractivity contribution in [2.75, 3.05) is 25.1 Å². The maximum atomic E-state index is 13.2. The van der Waals surface area contributed by atoms with Gasteiger partial charge in [-0.2, -0.15) is 0 Å². The molecule has 0 aliphatic rings. The molecule has 3 nitrogen and oxygen atoms in total. The van der Waals surface area contributed by atoms with Crippen molar-refractivity contribution in [3.63, 3.8) is 0 Å². The SMILES string of the molecule is Cc1ccc(C(=O)NCCOCCBr)cc1F. The van der Waals surface area contributed by atoms with Gasteiger partial charge in [0.25, 0.3) is 5.91 Å². The minimum absolute atomic E-state index is 0.286. The number of benzene rings is 1. The monoisotopic (exact) mass is 303 g/mol. The molecule has 0 aliphatic heterocycles. The number of halogens is 2. The molecule has 0 bridgehead atoms. The van der Waals surface area contributed by atoms with Crippen molar-refractivity contribution in [3.8, 4) is 0 Å². The smallest absolute Gasteiger partial charge is 0.251 e. The Morgan fingerprint density at radius 1 is 1.47 bits per heavy atom. The van der Waals surface area contributed by atoms with Crippen LogP contribution in [0.25, 0.3) is 0 Å². The number of hydrogen-bond acceptors (Lipinski definition) is 2. The van der Waals surface area contributed by atoms with E-state index in [0.717, 1.165) is 5.33 Å². The fourth-order valence-electron chi connectivity index (χ4n) is 1.23. The second-order valence-electron chi connectivity index (χ2n) is 3.52. The van der Waals surface area contributed by atoms with Gasteiger partial charge in [-0.15, -0.1) is 0 Å². The first-order chi connectivity index (χ1) is 8.15. The average Bonchev–Trinajstić information content (AvgIpc) is 2.32. The maximum absolute atomic E-state index is 13.2. The second kappa shape index (κ2) is 7.40. The molecule has 0 saturated carbocycles. The van der Waals surface area contributed by atoms with Crippen LogP contribution in [0, 0.1) is 12.7 Å². The molecule has 0 radical (unpaired) electrons. The third kappa shape index (κ3) is 4.83. The van der Waals surface area contributed by atoms with Crippen LogP contribution >= 0.6 is 15.9 Å². The summed E-state index contributed by atoms with van der Waals surface area (Å²) in [6.07, 6.45) is 0. The molecule has 94 valence electrons. The molecular formula is C12H15BrFNO2. The minimum Gasteiger partial charge on any atom is -0.379 e. The molecule has 5 heteroatoms. The van der Waals surface area contributed by atoms with E-state index in [1.54, 1.807) is 19.1 Å². The van der Waals surface area contributed by atoms with Gasteiger partial charge in [0.2, 0.25) is 0 Å². The number of carbonyl (C=O) groups excluding carboxylic acids is 1. The predicted octanol–water partition coefficient (Wildman–Crippen LogP) is 2.28. The lowest BCUT2D eigenvalue weighted by molar-refractivity contribution is 0.0923. The summed E-state index contributed by atoms with van der Waals surface area (Å²) in [6.45, 7) is 3.13. The zero-order chi connectivity index (χ0) is 12.7. The lowest BCUT2D eigenvalue weighted by Gasteiger charge is -2.06. The Morgan fingerprint density at radius 2 is 2.24 bits per heavy atom. The van der Waals surface area contributed by atoms with E-state index in [2.05, 4.69) is 21.2 Å². The first-order valence-electron chi connectivity index (χ1n) is 5.33. The van der Waals surface area contributed by atoms with Crippen LogP contribution in [0.15, 0.2) is 18.2 Å². The molecule has 0 saturated heterocycles. The van der Waals surface area contributed by atoms with Gasteiger partial charge in [0.05, 0.1) is 13.2 Å². The topological polar surface area (TPSA) is 38.3 Å². The van der Waals surface area contributed by atoms with Crippen molar-refractivity contribution >= 4 is 21.8 Å². The molecule has 1 N–H and O–H groups in total. The first-order valence-corrected chi connectivity index (χ1v) is 6.45. The van der Waals surface area contributed by atoms with Crippen LogP contribution in [0.5, 0.6) is 0 Å². The van der Waals surface area contributed by atoms with Gasteiger partial charge in [0.15, 0.2) is 0 Å². The van der Waals surface area contributed by atoms with E-state index in [4.69, 9.17) is 4.74 Å². The highest BCUT2D eigenvalue weighted by molar-refractivity contribution is 9.09. The molecule has 0 unspecified atom stereocenters. The van der Waals surface area contributed by atoms with Gasteiger partial charge in [-0.25, -0.2) is 4.39 Å². The average molecular weight is 304 g/mol. The zero-order valence-corrected chi connectivity index (χ0v) is 11.2. The van der Waals surface area contributed by atoms with E-state index < -0.39 is 0 Å². The molecule has 0 atom stereocenters. The minimum atomic E-state index is -0.367. The predicted molar refractivity (Wildman–Crippen MR) is 68.1 cm³/mol. The van der Waals surface area contributed by atoms with Crippen molar-refractivity contribution in [2.24, 2.45) is 0 Å². The Hall–Kier alpha value is -0.940. The van der Waals surface area contributed by atoms with E-state index in [9.17, 15) is 9.18 Å². The van der Waals surface area contributed by atoms with Crippen LogP contribution < -0.4 is 5.32 Å². The lowest BCUT2D eigenvalue weighted by Crippen LogP contribution is -2.27. The summed E-state index contributed by atoms with van der Waals surface area (Å²) < 4.78 is 18.4. The molecule has 1 aromatic carbocycles. The Bertz CT molecular complexity index is 385. The molecule has 0 fully saturated rings. The van der Waals surface area contributed by atoms with Crippen molar-refractivity contribution in [1.82, 2.24) is 5.32 Å². The number of hydrogen-bond donors (Lipinski definition) is 1. The van der Waals surface area contributed by atoms with E-state index in [-0.39, 0.29) is 11.7 Å². The number of amides is 1. The van der Waals surface area contributed by atoms with Crippen LogP contribution in [0.1, 0.15) is 15.9 Å². The molecule has 0 aromatic heterocycles. The van der Waals surface area contributed by atoms with Gasteiger partial charge in [0, 0.05) is 17.4 Å². The summed E-state index contributed by atoms with van der Waals surface area (Å²) in [4.78, 5) is 11.6. The van der Waals surface area contributed by atoms with Crippen LogP contribution in [-0.4, -0.2) is 31.0 Å². The Labute approximate surface area is 108 Å². The molecule has 0 aliphatic carbocycles. The van der Waals surface area contributed by atoms with Gasteiger partial charge in [0.1, 0.15) is 5.82 Å². The van der Waals surface area contributed by atoms with Gasteiger partial charge < -0.3 is 10.1 Å². The lowest BCUT2D eigenvalue weighted by atomic mass is 10.1. The molecule has 1 rings (SSSR count). The maximum Gasteiger partial charge on any atom is 0.251 e. The summed E-state index contributed by atoms with van der Waals surface area (Å²) >= 11 is 3.23. The summed E-state index contributed by atoms with van der Waals surface area (Å²) in [7, 11) is 0. The zero-order valence-electron chi connectivity index (χ0n) is 9.63. The van der Waals surface area contributed by atoms with Gasteiger partial charge >= 0.3 is 0 Å². The summed E-state index contributed by atoms with van der Waals surface area (Å²) in [5, 5.41) is 3.43. The summed E-state index contributed by atoms with van der Waals surface area (Å²) in [5.74, 6) is -0.653. The second-order valence-corrected chi connectivity index (χ2v) is 4.31. The third-order valence-corrected chi connectivity index (χ3v) is 2.51. The number of rotatable bonds is 6. The molecule has 0 heterocycles. The number of ether oxygens (including phenoxy) is 1. The highest BCUT2D eigenvalue weighted by atomic mass is 79.9. The number of nitrogens with one attached hydrogen (secondary N) is 1. The standard InChI is InChI=1S/C12H15BrFNO2/c1-9-2-3-10(8-11(9)14)12(16)15-5-7-17-6-4-13/h2-3,8H,4-7H2,1H3,(H,15,16). The van der Waals surface area contributed by atoms with E-state index in [1.807, 2.05) is 0 Å². The number of alkyl halides is 1. The summed E-state index contributed by atoms with van der Waals surface area (Å²) in [6, 6.07) is 4.43. The van der Waals surface area contributed by atoms with Crippen LogP contribution in [-0.2, 0) is 4.74 Å². The summed E-state index contributed by atoms with van der Waals surface area (Å²) in [5.41, 5.74) is 0.857. The van der Waals surface area contributed by atoms with E-state index in [0.29, 0.717) is 30.9 Å². The fraction of sp³-hybridized carbons (Fsp3) is 0.417. The molecular weight excluding hydrogens is 289 g/mol. The normalized spacial score (nSPS) is 10.3. The molecule has 1 aromatic rings. The molecule has 0 spiro atoms. The quantitative estimate of drug-likeness (QED) is 0.647. The van der Waals surface area contributed by atoms with Gasteiger partial charge in [-0.1, -0.05) is 22.0 Å². The van der Waals surface area contributed by atoms with E-state index >= 15 is 0 Å². The van der Waals surface area contributed by atoms with Crippen molar-refractivity contribution in [1.29, 1.82) is 0 Å². The number of carbonyl (C=O) groups is 1. The van der Waals surface area contributed by atoms with Crippen LogP contribution in [0.4, 0.5) is 4.39 Å². The fourth-order valence-corrected chi connectivity index (χ4v) is 1.46. The molecule has 1 amide bonds. The highest BCUT2D eigenvalue weighted by Crippen LogP contribution is 2.08. The van der Waals surface area contributed by atoms with Crippen LogP contribution in [0.2, 0.25) is 0 Å². The van der Waals surface area contributed by atoms with Crippen molar-refractivity contribution < 1.29 is 13.9 Å². The van der Waals surface area contributed by atoms with Crippen LogP contribution in [0.3, 0.4) is 0 Å².